The number of benzene rings is 1. The van der Waals surface area contributed by atoms with Gasteiger partial charge in [-0.15, -0.1) is 11.3 Å². The van der Waals surface area contributed by atoms with Crippen LogP contribution in [0.15, 0.2) is 41.8 Å². The van der Waals surface area contributed by atoms with Crippen LogP contribution >= 0.6 is 11.3 Å². The average Bonchev–Trinajstić information content (AvgIpc) is 3.31. The summed E-state index contributed by atoms with van der Waals surface area (Å²) in [6.07, 6.45) is 2.17. The number of rotatable bonds is 7. The fourth-order valence-electron chi connectivity index (χ4n) is 2.74. The number of hydrogen-bond donors (Lipinski definition) is 1. The van der Waals surface area contributed by atoms with E-state index in [1.165, 1.54) is 4.88 Å². The van der Waals surface area contributed by atoms with Gasteiger partial charge in [-0.05, 0) is 48.6 Å². The molecule has 1 fully saturated rings. The first-order chi connectivity index (χ1) is 12.6. The van der Waals surface area contributed by atoms with Gasteiger partial charge in [0.2, 0.25) is 5.91 Å². The Balaban J connectivity index is 1.42. The third-order valence-electron chi connectivity index (χ3n) is 4.10. The molecule has 7 heteroatoms. The zero-order valence-corrected chi connectivity index (χ0v) is 15.1. The molecule has 1 aromatic carbocycles. The lowest BCUT2D eigenvalue weighted by atomic mass is 10.2. The normalized spacial score (nSPS) is 13.7. The molecule has 0 unspecified atom stereocenters. The molecule has 2 aromatic rings. The monoisotopic (exact) mass is 372 g/mol. The Morgan fingerprint density at radius 2 is 2.00 bits per heavy atom. The van der Waals surface area contributed by atoms with Crippen LogP contribution in [0.2, 0.25) is 0 Å². The second-order valence-electron chi connectivity index (χ2n) is 5.95. The van der Waals surface area contributed by atoms with Crippen LogP contribution in [-0.4, -0.2) is 37.5 Å². The minimum Gasteiger partial charge on any atom is -0.452 e. The fraction of sp³-hybridized carbons (Fsp3) is 0.316. The highest BCUT2D eigenvalue weighted by molar-refractivity contribution is 7.09. The SMILES string of the molecule is O=C(COC(=O)c1ccc(N2CCCC2=O)cc1)NCCc1cccs1. The van der Waals surface area contributed by atoms with E-state index in [2.05, 4.69) is 5.32 Å². The molecular formula is C19H20N2O4S. The molecule has 26 heavy (non-hydrogen) atoms. The molecule has 2 amide bonds. The van der Waals surface area contributed by atoms with E-state index in [0.29, 0.717) is 25.1 Å². The summed E-state index contributed by atoms with van der Waals surface area (Å²) >= 11 is 1.64. The van der Waals surface area contributed by atoms with E-state index in [0.717, 1.165) is 18.5 Å². The van der Waals surface area contributed by atoms with Gasteiger partial charge < -0.3 is 15.0 Å². The molecule has 1 aliphatic rings. The van der Waals surface area contributed by atoms with Crippen LogP contribution in [-0.2, 0) is 20.7 Å². The molecule has 0 atom stereocenters. The van der Waals surface area contributed by atoms with Gasteiger partial charge >= 0.3 is 5.97 Å². The average molecular weight is 372 g/mol. The number of carbonyl (C=O) groups is 3. The Kier molecular flexibility index (Phi) is 6.01. The highest BCUT2D eigenvalue weighted by Crippen LogP contribution is 2.21. The van der Waals surface area contributed by atoms with E-state index in [-0.39, 0.29) is 18.4 Å². The standard InChI is InChI=1S/C19H20N2O4S/c22-17(20-10-9-16-3-2-12-26-16)13-25-19(24)14-5-7-15(8-6-14)21-11-1-4-18(21)23/h2-3,5-8,12H,1,4,9-11,13H2,(H,20,22). The summed E-state index contributed by atoms with van der Waals surface area (Å²) in [5.74, 6) is -0.786. The first kappa shape index (κ1) is 18.1. The van der Waals surface area contributed by atoms with E-state index >= 15 is 0 Å². The van der Waals surface area contributed by atoms with Crippen LogP contribution in [0.1, 0.15) is 28.1 Å². The van der Waals surface area contributed by atoms with Gasteiger partial charge in [0.1, 0.15) is 0 Å². The summed E-state index contributed by atoms with van der Waals surface area (Å²) in [6.45, 7) is 0.902. The number of anilines is 1. The Hall–Kier alpha value is -2.67. The largest absolute Gasteiger partial charge is 0.452 e. The molecule has 0 aliphatic carbocycles. The van der Waals surface area contributed by atoms with E-state index in [4.69, 9.17) is 4.74 Å². The summed E-state index contributed by atoms with van der Waals surface area (Å²) in [6, 6.07) is 10.6. The number of hydrogen-bond acceptors (Lipinski definition) is 5. The Morgan fingerprint density at radius 1 is 1.19 bits per heavy atom. The Labute approximate surface area is 155 Å². The molecule has 1 saturated heterocycles. The van der Waals surface area contributed by atoms with Crippen molar-refractivity contribution in [1.82, 2.24) is 5.32 Å². The van der Waals surface area contributed by atoms with Crippen LogP contribution in [0, 0.1) is 0 Å². The minimum atomic E-state index is -0.558. The topological polar surface area (TPSA) is 75.7 Å². The summed E-state index contributed by atoms with van der Waals surface area (Å²) in [7, 11) is 0. The predicted molar refractivity (Wildman–Crippen MR) is 99.3 cm³/mol. The van der Waals surface area contributed by atoms with Gasteiger partial charge in [0.05, 0.1) is 5.56 Å². The summed E-state index contributed by atoms with van der Waals surface area (Å²) in [4.78, 5) is 38.4. The van der Waals surface area contributed by atoms with Gasteiger partial charge in [-0.1, -0.05) is 6.07 Å². The molecule has 0 spiro atoms. The van der Waals surface area contributed by atoms with E-state index in [1.807, 2.05) is 17.5 Å². The third kappa shape index (κ3) is 4.70. The molecule has 1 aliphatic heterocycles. The predicted octanol–water partition coefficient (Wildman–Crippen LogP) is 2.39. The highest BCUT2D eigenvalue weighted by atomic mass is 32.1. The van der Waals surface area contributed by atoms with E-state index < -0.39 is 5.97 Å². The molecule has 1 N–H and O–H groups in total. The lowest BCUT2D eigenvalue weighted by Crippen LogP contribution is -2.30. The van der Waals surface area contributed by atoms with Crippen molar-refractivity contribution >= 4 is 34.8 Å². The molecule has 0 bridgehead atoms. The van der Waals surface area contributed by atoms with Gasteiger partial charge in [-0.2, -0.15) is 0 Å². The maximum absolute atomic E-state index is 12.0. The Morgan fingerprint density at radius 3 is 2.65 bits per heavy atom. The fourth-order valence-corrected chi connectivity index (χ4v) is 3.45. The maximum Gasteiger partial charge on any atom is 0.338 e. The second kappa shape index (κ2) is 8.62. The third-order valence-corrected chi connectivity index (χ3v) is 5.03. The number of carbonyl (C=O) groups excluding carboxylic acids is 3. The zero-order chi connectivity index (χ0) is 18.4. The van der Waals surface area contributed by atoms with Crippen molar-refractivity contribution in [2.75, 3.05) is 24.6 Å². The summed E-state index contributed by atoms with van der Waals surface area (Å²) < 4.78 is 5.04. The molecule has 136 valence electrons. The smallest absolute Gasteiger partial charge is 0.338 e. The Bertz CT molecular complexity index is 771. The van der Waals surface area contributed by atoms with Crippen LogP contribution in [0.5, 0.6) is 0 Å². The van der Waals surface area contributed by atoms with Crippen molar-refractivity contribution < 1.29 is 19.1 Å². The number of amides is 2. The van der Waals surface area contributed by atoms with Crippen LogP contribution in [0.3, 0.4) is 0 Å². The van der Waals surface area contributed by atoms with Crippen molar-refractivity contribution in [2.45, 2.75) is 19.3 Å². The molecule has 6 nitrogen and oxygen atoms in total. The van der Waals surface area contributed by atoms with E-state index in [9.17, 15) is 14.4 Å². The molecule has 2 heterocycles. The molecular weight excluding hydrogens is 352 g/mol. The first-order valence-electron chi connectivity index (χ1n) is 8.50. The number of thiophene rings is 1. The van der Waals surface area contributed by atoms with Crippen LogP contribution in [0.25, 0.3) is 0 Å². The lowest BCUT2D eigenvalue weighted by molar-refractivity contribution is -0.124. The van der Waals surface area contributed by atoms with Crippen molar-refractivity contribution in [3.8, 4) is 0 Å². The maximum atomic E-state index is 12.0. The molecule has 3 rings (SSSR count). The number of nitrogens with one attached hydrogen (secondary N) is 1. The second-order valence-corrected chi connectivity index (χ2v) is 6.98. The summed E-state index contributed by atoms with van der Waals surface area (Å²) in [5, 5.41) is 4.72. The van der Waals surface area contributed by atoms with Crippen molar-refractivity contribution in [2.24, 2.45) is 0 Å². The van der Waals surface area contributed by atoms with Gasteiger partial charge in [0.15, 0.2) is 6.61 Å². The minimum absolute atomic E-state index is 0.0968. The number of nitrogens with zero attached hydrogens (tertiary/aromatic N) is 1. The van der Waals surface area contributed by atoms with Gasteiger partial charge in [-0.3, -0.25) is 9.59 Å². The molecule has 0 radical (unpaired) electrons. The molecule has 0 saturated carbocycles. The summed E-state index contributed by atoms with van der Waals surface area (Å²) in [5.41, 5.74) is 1.13. The van der Waals surface area contributed by atoms with Crippen molar-refractivity contribution in [3.05, 3.63) is 52.2 Å². The van der Waals surface area contributed by atoms with E-state index in [1.54, 1.807) is 40.5 Å². The van der Waals surface area contributed by atoms with Gasteiger partial charge in [0, 0.05) is 30.1 Å². The van der Waals surface area contributed by atoms with Gasteiger partial charge in [0.25, 0.3) is 5.91 Å². The molecule has 1 aromatic heterocycles. The van der Waals surface area contributed by atoms with Crippen molar-refractivity contribution in [1.29, 1.82) is 0 Å². The van der Waals surface area contributed by atoms with Gasteiger partial charge in [-0.25, -0.2) is 4.79 Å². The quantitative estimate of drug-likeness (QED) is 0.757. The zero-order valence-electron chi connectivity index (χ0n) is 14.3. The highest BCUT2D eigenvalue weighted by Gasteiger charge is 2.21. The number of ether oxygens (including phenoxy) is 1. The first-order valence-corrected chi connectivity index (χ1v) is 9.38. The van der Waals surface area contributed by atoms with Crippen molar-refractivity contribution in [3.63, 3.8) is 0 Å². The number of esters is 1. The van der Waals surface area contributed by atoms with Crippen LogP contribution < -0.4 is 10.2 Å². The lowest BCUT2D eigenvalue weighted by Gasteiger charge is -2.15. The van der Waals surface area contributed by atoms with Crippen LogP contribution in [0.4, 0.5) is 5.69 Å².